The van der Waals surface area contributed by atoms with Crippen LogP contribution in [0.4, 0.5) is 0 Å². The number of aromatic nitrogens is 2. The summed E-state index contributed by atoms with van der Waals surface area (Å²) in [6.45, 7) is 0. The quantitative estimate of drug-likeness (QED) is 0.863. The van der Waals surface area contributed by atoms with Crippen molar-refractivity contribution in [3.05, 3.63) is 51.4 Å². The van der Waals surface area contributed by atoms with Crippen molar-refractivity contribution >= 4 is 22.6 Å². The van der Waals surface area contributed by atoms with Crippen LogP contribution in [0.1, 0.15) is 17.3 Å². The number of benzene rings is 1. The van der Waals surface area contributed by atoms with Crippen LogP contribution in [0.15, 0.2) is 36.5 Å². The topological polar surface area (TPSA) is 43.8 Å². The number of aryl methyl sites for hydroxylation is 1. The molecule has 0 spiro atoms. The maximum Gasteiger partial charge on any atom is 0.0837 e. The second kappa shape index (κ2) is 4.32. The number of nitrogens with zero attached hydrogens (tertiary/aromatic N) is 2. The molecule has 2 rings (SSSR count). The van der Waals surface area contributed by atoms with Crippen LogP contribution < -0.4 is 5.73 Å². The summed E-state index contributed by atoms with van der Waals surface area (Å²) in [7, 11) is 1.90. The molecule has 4 heteroatoms. The van der Waals surface area contributed by atoms with Crippen LogP contribution in [0.2, 0.25) is 0 Å². The van der Waals surface area contributed by atoms with E-state index in [4.69, 9.17) is 5.73 Å². The van der Waals surface area contributed by atoms with Crippen molar-refractivity contribution in [2.24, 2.45) is 12.8 Å². The lowest BCUT2D eigenvalue weighted by Crippen LogP contribution is -2.14. The summed E-state index contributed by atoms with van der Waals surface area (Å²) in [4.78, 5) is 0. The molecule has 1 aromatic heterocycles. The minimum Gasteiger partial charge on any atom is -0.319 e. The molecule has 0 aliphatic rings. The Labute approximate surface area is 102 Å². The van der Waals surface area contributed by atoms with Crippen LogP contribution in [-0.4, -0.2) is 9.78 Å². The Morgan fingerprint density at radius 1 is 1.33 bits per heavy atom. The van der Waals surface area contributed by atoms with Gasteiger partial charge in [0, 0.05) is 16.8 Å². The molecular formula is C11H12IN3. The summed E-state index contributed by atoms with van der Waals surface area (Å²) in [6, 6.07) is 9.92. The van der Waals surface area contributed by atoms with Crippen molar-refractivity contribution < 1.29 is 0 Å². The monoisotopic (exact) mass is 313 g/mol. The van der Waals surface area contributed by atoms with Crippen molar-refractivity contribution in [3.8, 4) is 0 Å². The molecule has 3 nitrogen and oxygen atoms in total. The van der Waals surface area contributed by atoms with Gasteiger partial charge in [-0.3, -0.25) is 4.68 Å². The van der Waals surface area contributed by atoms with E-state index in [9.17, 15) is 0 Å². The first-order valence-corrected chi connectivity index (χ1v) is 5.76. The number of hydrogen-bond donors (Lipinski definition) is 1. The number of nitrogens with two attached hydrogens (primary N) is 1. The highest BCUT2D eigenvalue weighted by Crippen LogP contribution is 2.22. The zero-order chi connectivity index (χ0) is 10.8. The molecule has 15 heavy (non-hydrogen) atoms. The summed E-state index contributed by atoms with van der Waals surface area (Å²) in [5, 5.41) is 4.32. The van der Waals surface area contributed by atoms with Gasteiger partial charge in [0.05, 0.1) is 11.7 Å². The van der Waals surface area contributed by atoms with Gasteiger partial charge in [0.1, 0.15) is 0 Å². The third kappa shape index (κ3) is 2.21. The third-order valence-corrected chi connectivity index (χ3v) is 3.28. The fourth-order valence-corrected chi connectivity index (χ4v) is 2.21. The minimum atomic E-state index is -0.140. The molecule has 1 atom stereocenters. The van der Waals surface area contributed by atoms with Crippen LogP contribution in [0.5, 0.6) is 0 Å². The summed E-state index contributed by atoms with van der Waals surface area (Å²) in [5.74, 6) is 0. The molecule has 0 aliphatic carbocycles. The second-order valence-electron chi connectivity index (χ2n) is 3.41. The standard InChI is InChI=1S/C11H12IN3/c1-15-7-6-10(14-15)11(13)8-4-2-3-5-9(8)12/h2-7,11H,13H2,1H3. The van der Waals surface area contributed by atoms with E-state index in [2.05, 4.69) is 33.8 Å². The Bertz CT molecular complexity index is 464. The first-order chi connectivity index (χ1) is 7.18. The molecule has 0 amide bonds. The van der Waals surface area contributed by atoms with E-state index in [0.717, 1.165) is 11.3 Å². The number of halogens is 1. The summed E-state index contributed by atoms with van der Waals surface area (Å²) in [5.41, 5.74) is 8.18. The fraction of sp³-hybridized carbons (Fsp3) is 0.182. The molecule has 0 saturated carbocycles. The van der Waals surface area contributed by atoms with Crippen LogP contribution in [0.3, 0.4) is 0 Å². The summed E-state index contributed by atoms with van der Waals surface area (Å²) < 4.78 is 2.94. The van der Waals surface area contributed by atoms with E-state index in [-0.39, 0.29) is 6.04 Å². The predicted octanol–water partition coefficient (Wildman–Crippen LogP) is 2.07. The van der Waals surface area contributed by atoms with Gasteiger partial charge in [0.15, 0.2) is 0 Å². The Morgan fingerprint density at radius 3 is 2.67 bits per heavy atom. The third-order valence-electron chi connectivity index (χ3n) is 2.29. The average Bonchev–Trinajstić information content (AvgIpc) is 2.65. The first kappa shape index (κ1) is 10.6. The maximum absolute atomic E-state index is 6.15. The molecule has 1 heterocycles. The van der Waals surface area contributed by atoms with Crippen molar-refractivity contribution in [1.82, 2.24) is 9.78 Å². The van der Waals surface area contributed by atoms with E-state index >= 15 is 0 Å². The van der Waals surface area contributed by atoms with Crippen molar-refractivity contribution in [1.29, 1.82) is 0 Å². The van der Waals surface area contributed by atoms with Crippen LogP contribution >= 0.6 is 22.6 Å². The van der Waals surface area contributed by atoms with E-state index in [1.807, 2.05) is 37.5 Å². The number of hydrogen-bond acceptors (Lipinski definition) is 2. The van der Waals surface area contributed by atoms with Crippen LogP contribution in [-0.2, 0) is 7.05 Å². The molecule has 2 aromatic rings. The maximum atomic E-state index is 6.15. The Kier molecular flexibility index (Phi) is 3.06. The zero-order valence-corrected chi connectivity index (χ0v) is 10.5. The Hall–Kier alpha value is -0.880. The van der Waals surface area contributed by atoms with Gasteiger partial charge in [-0.25, -0.2) is 0 Å². The van der Waals surface area contributed by atoms with E-state index < -0.39 is 0 Å². The predicted molar refractivity (Wildman–Crippen MR) is 68.4 cm³/mol. The van der Waals surface area contributed by atoms with E-state index in [1.165, 1.54) is 3.57 Å². The van der Waals surface area contributed by atoms with Crippen molar-refractivity contribution in [3.63, 3.8) is 0 Å². The molecule has 2 N–H and O–H groups in total. The molecule has 0 fully saturated rings. The lowest BCUT2D eigenvalue weighted by Gasteiger charge is -2.10. The Balaban J connectivity index is 2.36. The fourth-order valence-electron chi connectivity index (χ4n) is 1.49. The summed E-state index contributed by atoms with van der Waals surface area (Å²) >= 11 is 2.29. The molecule has 0 radical (unpaired) electrons. The van der Waals surface area contributed by atoms with Gasteiger partial charge in [-0.1, -0.05) is 18.2 Å². The highest BCUT2D eigenvalue weighted by Gasteiger charge is 2.13. The second-order valence-corrected chi connectivity index (χ2v) is 4.58. The van der Waals surface area contributed by atoms with Crippen LogP contribution in [0.25, 0.3) is 0 Å². The van der Waals surface area contributed by atoms with Gasteiger partial charge >= 0.3 is 0 Å². The molecular weight excluding hydrogens is 301 g/mol. The minimum absolute atomic E-state index is 0.140. The van der Waals surface area contributed by atoms with E-state index in [1.54, 1.807) is 4.68 Å². The average molecular weight is 313 g/mol. The lowest BCUT2D eigenvalue weighted by atomic mass is 10.1. The summed E-state index contributed by atoms with van der Waals surface area (Å²) in [6.07, 6.45) is 1.91. The normalized spacial score (nSPS) is 12.7. The molecule has 0 saturated heterocycles. The molecule has 1 unspecified atom stereocenters. The SMILES string of the molecule is Cn1ccc(C(N)c2ccccc2I)n1. The zero-order valence-electron chi connectivity index (χ0n) is 8.39. The molecule has 1 aromatic carbocycles. The number of rotatable bonds is 2. The molecule has 0 bridgehead atoms. The van der Waals surface area contributed by atoms with E-state index in [0.29, 0.717) is 0 Å². The van der Waals surface area contributed by atoms with Gasteiger partial charge in [0.2, 0.25) is 0 Å². The highest BCUT2D eigenvalue weighted by atomic mass is 127. The van der Waals surface area contributed by atoms with Crippen molar-refractivity contribution in [2.75, 3.05) is 0 Å². The largest absolute Gasteiger partial charge is 0.319 e. The van der Waals surface area contributed by atoms with Crippen molar-refractivity contribution in [2.45, 2.75) is 6.04 Å². The van der Waals surface area contributed by atoms with Gasteiger partial charge < -0.3 is 5.73 Å². The van der Waals surface area contributed by atoms with Gasteiger partial charge in [-0.05, 0) is 40.3 Å². The Morgan fingerprint density at radius 2 is 2.07 bits per heavy atom. The smallest absolute Gasteiger partial charge is 0.0837 e. The molecule has 78 valence electrons. The van der Waals surface area contributed by atoms with Crippen LogP contribution in [0, 0.1) is 3.57 Å². The van der Waals surface area contributed by atoms with Gasteiger partial charge in [-0.2, -0.15) is 5.10 Å². The highest BCUT2D eigenvalue weighted by molar-refractivity contribution is 14.1. The first-order valence-electron chi connectivity index (χ1n) is 4.68. The van der Waals surface area contributed by atoms with Gasteiger partial charge in [-0.15, -0.1) is 0 Å². The lowest BCUT2D eigenvalue weighted by molar-refractivity contribution is 0.714. The van der Waals surface area contributed by atoms with Gasteiger partial charge in [0.25, 0.3) is 0 Å². The molecule has 0 aliphatic heterocycles.